The Morgan fingerprint density at radius 3 is 2.14 bits per heavy atom. The van der Waals surface area contributed by atoms with Crippen molar-refractivity contribution in [2.75, 3.05) is 0 Å². The van der Waals surface area contributed by atoms with E-state index >= 15 is 0 Å². The van der Waals surface area contributed by atoms with E-state index in [1.165, 1.54) is 17.4 Å². The Kier molecular flexibility index (Phi) is 5.58. The van der Waals surface area contributed by atoms with Gasteiger partial charge in [0.15, 0.2) is 0 Å². The minimum Gasteiger partial charge on any atom is -0.390 e. The molecule has 1 aliphatic rings. The third-order valence-electron chi connectivity index (χ3n) is 6.40. The van der Waals surface area contributed by atoms with Gasteiger partial charge in [-0.2, -0.15) is 13.2 Å². The number of halogens is 3. The molecule has 1 fully saturated rings. The summed E-state index contributed by atoms with van der Waals surface area (Å²) >= 11 is 1.42. The van der Waals surface area contributed by atoms with Crippen molar-refractivity contribution < 1.29 is 18.3 Å². The van der Waals surface area contributed by atoms with E-state index in [1.807, 2.05) is 54.6 Å². The first-order chi connectivity index (χ1) is 16.5. The number of rotatable bonds is 4. The lowest BCUT2D eigenvalue weighted by Gasteiger charge is -2.49. The lowest BCUT2D eigenvalue weighted by molar-refractivity contribution is -0.141. The quantitative estimate of drug-likeness (QED) is 0.336. The second-order valence-electron chi connectivity index (χ2n) is 9.47. The van der Waals surface area contributed by atoms with Gasteiger partial charge >= 0.3 is 6.18 Å². The fourth-order valence-corrected chi connectivity index (χ4v) is 6.00. The molecular weight excluding hydrogens is 471 g/mol. The number of thiazole rings is 1. The Morgan fingerprint density at radius 1 is 0.914 bits per heavy atom. The summed E-state index contributed by atoms with van der Waals surface area (Å²) in [6.07, 6.45) is -3.51. The van der Waals surface area contributed by atoms with Gasteiger partial charge < -0.3 is 10.8 Å². The highest BCUT2D eigenvalue weighted by Crippen LogP contribution is 2.47. The van der Waals surface area contributed by atoms with Crippen LogP contribution >= 0.6 is 11.3 Å². The summed E-state index contributed by atoms with van der Waals surface area (Å²) < 4.78 is 39.3. The van der Waals surface area contributed by atoms with Crippen LogP contribution in [0.3, 0.4) is 0 Å². The normalized spacial score (nSPS) is 22.1. The predicted octanol–water partition coefficient (Wildman–Crippen LogP) is 6.57. The van der Waals surface area contributed by atoms with Crippen molar-refractivity contribution >= 4 is 11.3 Å². The van der Waals surface area contributed by atoms with Crippen molar-refractivity contribution in [1.82, 2.24) is 9.97 Å². The standard InChI is InChI=1S/C27H24F3N3OS/c1-16-20(12-13-21(32-16)27(28,29)30)24-33-22(23(35-24)18-6-4-3-5-7-18)17-8-10-19(11-9-17)26(31)14-25(2,34)15-26/h3-13,34H,14-15,31H2,1-2H3. The van der Waals surface area contributed by atoms with E-state index in [9.17, 15) is 18.3 Å². The third-order valence-corrected chi connectivity index (χ3v) is 7.53. The van der Waals surface area contributed by atoms with Crippen LogP contribution in [0.2, 0.25) is 0 Å². The summed E-state index contributed by atoms with van der Waals surface area (Å²) in [5.74, 6) is 0. The van der Waals surface area contributed by atoms with Crippen molar-refractivity contribution in [1.29, 1.82) is 0 Å². The molecule has 0 aliphatic heterocycles. The number of alkyl halides is 3. The maximum atomic E-state index is 13.1. The van der Waals surface area contributed by atoms with Crippen molar-refractivity contribution in [2.45, 2.75) is 44.0 Å². The Labute approximate surface area is 205 Å². The van der Waals surface area contributed by atoms with E-state index in [-0.39, 0.29) is 5.69 Å². The molecular formula is C27H24F3N3OS. The lowest BCUT2D eigenvalue weighted by atomic mass is 9.63. The molecule has 180 valence electrons. The first-order valence-corrected chi connectivity index (χ1v) is 12.0. The molecule has 0 radical (unpaired) electrons. The maximum Gasteiger partial charge on any atom is 0.433 e. The van der Waals surface area contributed by atoms with E-state index in [2.05, 4.69) is 4.98 Å². The SMILES string of the molecule is Cc1nc(C(F)(F)F)ccc1-c1nc(-c2ccc(C3(N)CC(C)(O)C3)cc2)c(-c2ccccc2)s1. The van der Waals surface area contributed by atoms with Crippen LogP contribution in [0.5, 0.6) is 0 Å². The molecule has 0 unspecified atom stereocenters. The Hall–Kier alpha value is -3.07. The van der Waals surface area contributed by atoms with Crippen LogP contribution in [-0.2, 0) is 11.7 Å². The van der Waals surface area contributed by atoms with Gasteiger partial charge in [-0.25, -0.2) is 9.97 Å². The Morgan fingerprint density at radius 2 is 1.57 bits per heavy atom. The maximum absolute atomic E-state index is 13.1. The molecule has 35 heavy (non-hydrogen) atoms. The van der Waals surface area contributed by atoms with Crippen molar-refractivity contribution in [2.24, 2.45) is 5.73 Å². The highest BCUT2D eigenvalue weighted by atomic mass is 32.1. The van der Waals surface area contributed by atoms with Crippen molar-refractivity contribution in [3.05, 3.63) is 83.7 Å². The van der Waals surface area contributed by atoms with Gasteiger partial charge in [0.05, 0.1) is 16.2 Å². The van der Waals surface area contributed by atoms with E-state index in [4.69, 9.17) is 10.7 Å². The van der Waals surface area contributed by atoms with Gasteiger partial charge in [0.25, 0.3) is 0 Å². The summed E-state index contributed by atoms with van der Waals surface area (Å²) in [5, 5.41) is 10.7. The number of hydrogen-bond donors (Lipinski definition) is 2. The predicted molar refractivity (Wildman–Crippen MR) is 132 cm³/mol. The lowest BCUT2D eigenvalue weighted by Crippen LogP contribution is -2.58. The fourth-order valence-electron chi connectivity index (χ4n) is 4.83. The van der Waals surface area contributed by atoms with Gasteiger partial charge in [-0.3, -0.25) is 0 Å². The molecule has 2 heterocycles. The number of hydrogen-bond acceptors (Lipinski definition) is 5. The fraction of sp³-hybridized carbons (Fsp3) is 0.259. The Bertz CT molecular complexity index is 1370. The molecule has 2 aromatic carbocycles. The molecule has 0 amide bonds. The molecule has 5 rings (SSSR count). The summed E-state index contributed by atoms with van der Waals surface area (Å²) in [7, 11) is 0. The number of pyridine rings is 1. The zero-order valence-corrected chi connectivity index (χ0v) is 20.0. The monoisotopic (exact) mass is 495 g/mol. The van der Waals surface area contributed by atoms with Crippen LogP contribution < -0.4 is 5.73 Å². The number of aryl methyl sites for hydroxylation is 1. The van der Waals surface area contributed by atoms with Gasteiger partial charge in [-0.15, -0.1) is 11.3 Å². The first kappa shape index (κ1) is 23.7. The van der Waals surface area contributed by atoms with Crippen LogP contribution in [0.1, 0.15) is 36.7 Å². The molecule has 0 saturated heterocycles. The summed E-state index contributed by atoms with van der Waals surface area (Å²) in [6, 6.07) is 20.0. The summed E-state index contributed by atoms with van der Waals surface area (Å²) in [5.41, 5.74) is 8.66. The molecule has 4 nitrogen and oxygen atoms in total. The van der Waals surface area contributed by atoms with Crippen LogP contribution in [0.4, 0.5) is 13.2 Å². The second kappa shape index (κ2) is 8.26. The average Bonchev–Trinajstić information content (AvgIpc) is 3.23. The topological polar surface area (TPSA) is 72.0 Å². The zero-order chi connectivity index (χ0) is 25.0. The number of aromatic nitrogens is 2. The van der Waals surface area contributed by atoms with Gasteiger partial charge in [-0.1, -0.05) is 54.6 Å². The highest BCUT2D eigenvalue weighted by Gasteiger charge is 2.49. The molecule has 0 bridgehead atoms. The molecule has 1 saturated carbocycles. The first-order valence-electron chi connectivity index (χ1n) is 11.2. The minimum absolute atomic E-state index is 0.275. The number of benzene rings is 2. The third kappa shape index (κ3) is 4.49. The van der Waals surface area contributed by atoms with Crippen molar-refractivity contribution in [3.63, 3.8) is 0 Å². The average molecular weight is 496 g/mol. The molecule has 8 heteroatoms. The summed E-state index contributed by atoms with van der Waals surface area (Å²) in [6.45, 7) is 3.35. The van der Waals surface area contributed by atoms with Gasteiger partial charge in [-0.05, 0) is 49.9 Å². The van der Waals surface area contributed by atoms with E-state index in [1.54, 1.807) is 13.8 Å². The number of aliphatic hydroxyl groups is 1. The Balaban J connectivity index is 1.56. The minimum atomic E-state index is -4.50. The van der Waals surface area contributed by atoms with Gasteiger partial charge in [0.2, 0.25) is 0 Å². The summed E-state index contributed by atoms with van der Waals surface area (Å²) in [4.78, 5) is 9.55. The largest absolute Gasteiger partial charge is 0.433 e. The van der Waals surface area contributed by atoms with Crippen molar-refractivity contribution in [3.8, 4) is 32.3 Å². The van der Waals surface area contributed by atoms with E-state index in [0.29, 0.717) is 23.4 Å². The van der Waals surface area contributed by atoms with Crippen LogP contribution in [0, 0.1) is 6.92 Å². The number of nitrogens with zero attached hydrogens (tertiary/aromatic N) is 2. The number of nitrogens with two attached hydrogens (primary N) is 1. The molecule has 3 N–H and O–H groups in total. The molecule has 0 atom stereocenters. The van der Waals surface area contributed by atoms with Crippen LogP contribution in [0.25, 0.3) is 32.3 Å². The van der Waals surface area contributed by atoms with E-state index in [0.717, 1.165) is 33.3 Å². The smallest absolute Gasteiger partial charge is 0.390 e. The zero-order valence-electron chi connectivity index (χ0n) is 19.2. The van der Waals surface area contributed by atoms with Gasteiger partial charge in [0.1, 0.15) is 10.7 Å². The molecule has 0 spiro atoms. The van der Waals surface area contributed by atoms with Crippen LogP contribution in [-0.4, -0.2) is 20.7 Å². The van der Waals surface area contributed by atoms with Crippen LogP contribution in [0.15, 0.2) is 66.7 Å². The van der Waals surface area contributed by atoms with Gasteiger partial charge in [0, 0.05) is 22.4 Å². The second-order valence-corrected chi connectivity index (χ2v) is 10.5. The van der Waals surface area contributed by atoms with E-state index < -0.39 is 23.0 Å². The molecule has 4 aromatic rings. The molecule has 1 aliphatic carbocycles. The molecule has 2 aromatic heterocycles. The highest BCUT2D eigenvalue weighted by molar-refractivity contribution is 7.19.